The summed E-state index contributed by atoms with van der Waals surface area (Å²) in [6, 6.07) is 11.2. The lowest BCUT2D eigenvalue weighted by Crippen LogP contribution is -2.42. The molecular formula is C14H12ClN3O3S. The molecule has 0 aliphatic rings. The molecule has 0 aliphatic heterocycles. The maximum Gasteiger partial charge on any atom is 0.269 e. The number of nitrogens with one attached hydrogen (secondary N) is 2. The molecular weight excluding hydrogens is 326 g/mol. The van der Waals surface area contributed by atoms with Gasteiger partial charge in [-0.25, -0.2) is 0 Å². The molecule has 1 aromatic carbocycles. The highest BCUT2D eigenvalue weighted by molar-refractivity contribution is 7.99. The summed E-state index contributed by atoms with van der Waals surface area (Å²) in [4.78, 5) is 23.4. The smallest absolute Gasteiger partial charge is 0.269 e. The Bertz CT molecular complexity index is 679. The zero-order valence-electron chi connectivity index (χ0n) is 11.3. The summed E-state index contributed by atoms with van der Waals surface area (Å²) >= 11 is 6.80. The molecule has 0 unspecified atom stereocenters. The van der Waals surface area contributed by atoms with Crippen molar-refractivity contribution < 1.29 is 14.3 Å². The molecule has 0 aliphatic carbocycles. The van der Waals surface area contributed by atoms with Crippen LogP contribution in [-0.2, 0) is 4.79 Å². The molecule has 8 heteroatoms. The van der Waals surface area contributed by atoms with Gasteiger partial charge in [0.05, 0.1) is 5.75 Å². The predicted molar refractivity (Wildman–Crippen MR) is 83.2 cm³/mol. The van der Waals surface area contributed by atoms with Crippen LogP contribution in [0.1, 0.15) is 10.4 Å². The lowest BCUT2D eigenvalue weighted by molar-refractivity contribution is -0.645. The van der Waals surface area contributed by atoms with Gasteiger partial charge in [-0.1, -0.05) is 11.6 Å². The molecule has 22 heavy (non-hydrogen) atoms. The number of halogens is 1. The van der Waals surface area contributed by atoms with Gasteiger partial charge >= 0.3 is 0 Å². The fourth-order valence-corrected chi connectivity index (χ4v) is 2.34. The first-order valence-corrected chi connectivity index (χ1v) is 7.58. The molecule has 1 aromatic heterocycles. The van der Waals surface area contributed by atoms with Crippen LogP contribution in [-0.4, -0.2) is 17.6 Å². The normalized spacial score (nSPS) is 10.0. The largest absolute Gasteiger partial charge is 0.618 e. The van der Waals surface area contributed by atoms with Gasteiger partial charge in [0.15, 0.2) is 6.20 Å². The van der Waals surface area contributed by atoms with E-state index in [9.17, 15) is 14.8 Å². The van der Waals surface area contributed by atoms with Crippen LogP contribution < -0.4 is 15.6 Å². The molecule has 2 N–H and O–H groups in total. The lowest BCUT2D eigenvalue weighted by atomic mass is 10.2. The second kappa shape index (κ2) is 7.67. The number of hydrogen-bond donors (Lipinski definition) is 2. The van der Waals surface area contributed by atoms with Gasteiger partial charge in [0.25, 0.3) is 10.9 Å². The fourth-order valence-electron chi connectivity index (χ4n) is 1.50. The van der Waals surface area contributed by atoms with E-state index in [1.165, 1.54) is 6.20 Å². The highest BCUT2D eigenvalue weighted by Crippen LogP contribution is 2.11. The van der Waals surface area contributed by atoms with Gasteiger partial charge < -0.3 is 5.21 Å². The van der Waals surface area contributed by atoms with E-state index in [1.807, 2.05) is 0 Å². The van der Waals surface area contributed by atoms with Crippen LogP contribution in [0, 0.1) is 5.21 Å². The molecule has 0 saturated heterocycles. The number of aromatic nitrogens is 1. The Hall–Kier alpha value is -2.25. The fraction of sp³-hybridized carbons (Fsp3) is 0.0714. The van der Waals surface area contributed by atoms with Crippen LogP contribution in [0.2, 0.25) is 5.02 Å². The highest BCUT2D eigenvalue weighted by atomic mass is 35.5. The summed E-state index contributed by atoms with van der Waals surface area (Å²) in [5.41, 5.74) is 4.94. The quantitative estimate of drug-likeness (QED) is 0.383. The Morgan fingerprint density at radius 2 is 1.86 bits per heavy atom. The summed E-state index contributed by atoms with van der Waals surface area (Å²) in [5, 5.41) is 12.3. The van der Waals surface area contributed by atoms with Crippen LogP contribution in [0.4, 0.5) is 0 Å². The van der Waals surface area contributed by atoms with E-state index in [0.717, 1.165) is 11.8 Å². The highest BCUT2D eigenvalue weighted by Gasteiger charge is 2.10. The average molecular weight is 338 g/mol. The summed E-state index contributed by atoms with van der Waals surface area (Å²) in [6.07, 6.45) is 1.35. The molecule has 2 aromatic rings. The van der Waals surface area contributed by atoms with Gasteiger partial charge in [0.2, 0.25) is 5.91 Å². The SMILES string of the molecule is O=C(CSc1cccc[n+]1[O-])NNC(=O)c1ccc(Cl)cc1. The van der Waals surface area contributed by atoms with Crippen molar-refractivity contribution in [1.29, 1.82) is 0 Å². The van der Waals surface area contributed by atoms with E-state index in [1.54, 1.807) is 42.5 Å². The maximum absolute atomic E-state index is 11.8. The first kappa shape index (κ1) is 16.1. The van der Waals surface area contributed by atoms with E-state index < -0.39 is 11.8 Å². The van der Waals surface area contributed by atoms with Crippen molar-refractivity contribution in [3.05, 3.63) is 64.5 Å². The third kappa shape index (κ3) is 4.64. The summed E-state index contributed by atoms with van der Waals surface area (Å²) in [6.45, 7) is 0. The lowest BCUT2D eigenvalue weighted by Gasteiger charge is -2.07. The number of thioether (sulfide) groups is 1. The maximum atomic E-state index is 11.8. The summed E-state index contributed by atoms with van der Waals surface area (Å²) < 4.78 is 0.671. The minimum absolute atomic E-state index is 0.00709. The van der Waals surface area contributed by atoms with Gasteiger partial charge in [-0.05, 0) is 42.1 Å². The van der Waals surface area contributed by atoms with Gasteiger partial charge in [-0.15, -0.1) is 0 Å². The molecule has 2 amide bonds. The number of hydrogen-bond acceptors (Lipinski definition) is 4. The number of hydrazine groups is 1. The number of pyridine rings is 1. The van der Waals surface area contributed by atoms with E-state index in [0.29, 0.717) is 20.3 Å². The molecule has 2 rings (SSSR count). The van der Waals surface area contributed by atoms with Crippen LogP contribution in [0.3, 0.4) is 0 Å². The van der Waals surface area contributed by atoms with Gasteiger partial charge in [-0.2, -0.15) is 4.73 Å². The van der Waals surface area contributed by atoms with Gasteiger partial charge in [-0.3, -0.25) is 20.4 Å². The van der Waals surface area contributed by atoms with Gasteiger partial charge in [0.1, 0.15) is 0 Å². The molecule has 114 valence electrons. The summed E-state index contributed by atoms with van der Waals surface area (Å²) in [7, 11) is 0. The van der Waals surface area contributed by atoms with Crippen molar-refractivity contribution >= 4 is 35.2 Å². The zero-order chi connectivity index (χ0) is 15.9. The van der Waals surface area contributed by atoms with Crippen LogP contribution in [0.25, 0.3) is 0 Å². The predicted octanol–water partition coefficient (Wildman–Crippen LogP) is 1.53. The second-order valence-electron chi connectivity index (χ2n) is 4.16. The first-order chi connectivity index (χ1) is 10.6. The number of carbonyl (C=O) groups excluding carboxylic acids is 2. The molecule has 0 saturated carbocycles. The van der Waals surface area contributed by atoms with Crippen LogP contribution in [0.15, 0.2) is 53.7 Å². The number of benzene rings is 1. The standard InChI is InChI=1S/C14H12ClN3O3S/c15-11-6-4-10(5-7-11)14(20)17-16-12(19)9-22-13-3-1-2-8-18(13)21/h1-8H,9H2,(H,16,19)(H,17,20). The number of rotatable bonds is 4. The Labute approximate surface area is 136 Å². The second-order valence-corrected chi connectivity index (χ2v) is 5.59. The Morgan fingerprint density at radius 1 is 1.14 bits per heavy atom. The Balaban J connectivity index is 1.79. The van der Waals surface area contributed by atoms with Crippen LogP contribution >= 0.6 is 23.4 Å². The summed E-state index contributed by atoms with van der Waals surface area (Å²) in [5.74, 6) is -0.863. The molecule has 0 bridgehead atoms. The van der Waals surface area contributed by atoms with E-state index in [2.05, 4.69) is 10.9 Å². The molecule has 6 nitrogen and oxygen atoms in total. The first-order valence-electron chi connectivity index (χ1n) is 6.22. The van der Waals surface area contributed by atoms with E-state index in [4.69, 9.17) is 11.6 Å². The third-order valence-electron chi connectivity index (χ3n) is 2.56. The molecule has 0 spiro atoms. The van der Waals surface area contributed by atoms with Crippen molar-refractivity contribution in [2.45, 2.75) is 5.03 Å². The molecule has 0 radical (unpaired) electrons. The molecule has 1 heterocycles. The van der Waals surface area contributed by atoms with Crippen molar-refractivity contribution in [2.75, 3.05) is 5.75 Å². The van der Waals surface area contributed by atoms with E-state index >= 15 is 0 Å². The average Bonchev–Trinajstić information content (AvgIpc) is 2.52. The third-order valence-corrected chi connectivity index (χ3v) is 3.83. The van der Waals surface area contributed by atoms with Crippen LogP contribution in [0.5, 0.6) is 0 Å². The topological polar surface area (TPSA) is 85.1 Å². The van der Waals surface area contributed by atoms with Crippen molar-refractivity contribution in [3.63, 3.8) is 0 Å². The van der Waals surface area contributed by atoms with Crippen molar-refractivity contribution in [3.8, 4) is 0 Å². The van der Waals surface area contributed by atoms with Crippen molar-refractivity contribution in [1.82, 2.24) is 10.9 Å². The van der Waals surface area contributed by atoms with Crippen molar-refractivity contribution in [2.24, 2.45) is 0 Å². The van der Waals surface area contributed by atoms with Gasteiger partial charge in [0, 0.05) is 22.7 Å². The number of carbonyl (C=O) groups is 2. The monoisotopic (exact) mass is 337 g/mol. The number of amides is 2. The minimum atomic E-state index is -0.450. The minimum Gasteiger partial charge on any atom is -0.618 e. The Kier molecular flexibility index (Phi) is 5.62. The van der Waals surface area contributed by atoms with E-state index in [-0.39, 0.29) is 5.75 Å². The Morgan fingerprint density at radius 3 is 2.55 bits per heavy atom. The molecule has 0 atom stereocenters. The molecule has 0 fully saturated rings. The number of nitrogens with zero attached hydrogens (tertiary/aromatic N) is 1. The zero-order valence-corrected chi connectivity index (χ0v) is 12.9.